The number of nitrogens with zero attached hydrogens (tertiary/aromatic N) is 2. The largest absolute Gasteiger partial charge is 0.370 e. The first-order valence-corrected chi connectivity index (χ1v) is 9.16. The molecule has 2 aliphatic heterocycles. The maximum Gasteiger partial charge on any atom is 0.325 e. The molecule has 7 heteroatoms. The lowest BCUT2D eigenvalue weighted by molar-refractivity contribution is -0.125. The molecule has 0 bridgehead atoms. The van der Waals surface area contributed by atoms with Crippen molar-refractivity contribution in [2.75, 3.05) is 18.0 Å². The Morgan fingerprint density at radius 3 is 2.23 bits per heavy atom. The summed E-state index contributed by atoms with van der Waals surface area (Å²) in [6, 6.07) is 7.58. The minimum atomic E-state index is -0.878. The van der Waals surface area contributed by atoms with E-state index in [0.29, 0.717) is 25.9 Å². The number of nitrogens with two attached hydrogens (primary N) is 2. The lowest BCUT2D eigenvalue weighted by Crippen LogP contribution is -2.52. The summed E-state index contributed by atoms with van der Waals surface area (Å²) >= 11 is 0. The molecule has 1 atom stereocenters. The zero-order valence-electron chi connectivity index (χ0n) is 14.7. The van der Waals surface area contributed by atoms with Gasteiger partial charge in [-0.1, -0.05) is 18.6 Å². The van der Waals surface area contributed by atoms with Gasteiger partial charge in [0.05, 0.1) is 6.54 Å². The zero-order valence-corrected chi connectivity index (χ0v) is 14.7. The Hall–Kier alpha value is -2.57. The van der Waals surface area contributed by atoms with Crippen LogP contribution < -0.4 is 16.4 Å². The fourth-order valence-electron chi connectivity index (χ4n) is 4.83. The minimum Gasteiger partial charge on any atom is -0.370 e. The number of rotatable bonds is 5. The number of fused-ring (bicyclic) bond motifs is 1. The third kappa shape index (κ3) is 2.29. The molecule has 4 amide bonds. The van der Waals surface area contributed by atoms with Crippen LogP contribution in [0.4, 0.5) is 10.5 Å². The second-order valence-electron chi connectivity index (χ2n) is 7.84. The Labute approximate surface area is 152 Å². The quantitative estimate of drug-likeness (QED) is 0.828. The van der Waals surface area contributed by atoms with Crippen molar-refractivity contribution in [1.29, 1.82) is 0 Å². The molecule has 3 aliphatic rings. The Morgan fingerprint density at radius 1 is 1.04 bits per heavy atom. The van der Waals surface area contributed by atoms with E-state index in [1.54, 1.807) is 9.80 Å². The molecular formula is C19H24N4O3. The Kier molecular flexibility index (Phi) is 3.71. The van der Waals surface area contributed by atoms with Crippen molar-refractivity contribution >= 4 is 23.5 Å². The first-order valence-electron chi connectivity index (χ1n) is 9.16. The van der Waals surface area contributed by atoms with Crippen molar-refractivity contribution in [3.63, 3.8) is 0 Å². The molecule has 0 spiro atoms. The van der Waals surface area contributed by atoms with Gasteiger partial charge in [-0.15, -0.1) is 0 Å². The summed E-state index contributed by atoms with van der Waals surface area (Å²) in [5, 5.41) is 0. The van der Waals surface area contributed by atoms with E-state index < -0.39 is 11.4 Å². The third-order valence-electron chi connectivity index (χ3n) is 6.44. The SMILES string of the molecule is NC(=O)CC1(c2ccc(N3C[C@@]4(C(N)=O)CCCN4C3=O)cc2)CCC1. The molecule has 4 rings (SSSR count). The van der Waals surface area contributed by atoms with Gasteiger partial charge in [0.15, 0.2) is 0 Å². The molecule has 1 aliphatic carbocycles. The molecule has 0 aromatic heterocycles. The van der Waals surface area contributed by atoms with Gasteiger partial charge in [-0.25, -0.2) is 4.79 Å². The Bertz CT molecular complexity index is 771. The van der Waals surface area contributed by atoms with E-state index in [1.165, 1.54) is 0 Å². The van der Waals surface area contributed by atoms with E-state index in [0.717, 1.165) is 36.9 Å². The summed E-state index contributed by atoms with van der Waals surface area (Å²) in [7, 11) is 0. The van der Waals surface area contributed by atoms with Gasteiger partial charge in [0.2, 0.25) is 11.8 Å². The molecule has 0 unspecified atom stereocenters. The molecule has 138 valence electrons. The number of primary amides is 2. The summed E-state index contributed by atoms with van der Waals surface area (Å²) in [4.78, 5) is 39.5. The van der Waals surface area contributed by atoms with Gasteiger partial charge in [0.1, 0.15) is 5.54 Å². The molecular weight excluding hydrogens is 332 g/mol. The maximum atomic E-state index is 12.8. The summed E-state index contributed by atoms with van der Waals surface area (Å²) in [6.45, 7) is 0.866. The smallest absolute Gasteiger partial charge is 0.325 e. The standard InChI is InChI=1S/C19H24N4O3/c20-15(24)11-18(7-1-8-18)13-3-5-14(6-4-13)22-12-19(16(21)25)9-2-10-23(19)17(22)26/h3-6H,1-2,7-12H2,(H2,20,24)(H2,21,25)/t19-/m1/s1. The fraction of sp³-hybridized carbons (Fsp3) is 0.526. The molecule has 2 heterocycles. The topological polar surface area (TPSA) is 110 Å². The molecule has 3 fully saturated rings. The Balaban J connectivity index is 1.59. The second kappa shape index (κ2) is 5.72. The van der Waals surface area contributed by atoms with Crippen molar-refractivity contribution < 1.29 is 14.4 Å². The van der Waals surface area contributed by atoms with Gasteiger partial charge in [0.25, 0.3) is 0 Å². The average Bonchev–Trinajstić information content (AvgIpc) is 3.11. The van der Waals surface area contributed by atoms with Crippen LogP contribution in [0.15, 0.2) is 24.3 Å². The molecule has 1 aromatic rings. The molecule has 1 saturated carbocycles. The van der Waals surface area contributed by atoms with Crippen LogP contribution in [0.3, 0.4) is 0 Å². The van der Waals surface area contributed by atoms with E-state index in [1.807, 2.05) is 24.3 Å². The summed E-state index contributed by atoms with van der Waals surface area (Å²) in [5.41, 5.74) is 11.9. The second-order valence-corrected chi connectivity index (χ2v) is 7.84. The van der Waals surface area contributed by atoms with Crippen LogP contribution >= 0.6 is 0 Å². The van der Waals surface area contributed by atoms with Crippen molar-refractivity contribution in [2.24, 2.45) is 11.5 Å². The summed E-state index contributed by atoms with van der Waals surface area (Å²) in [6.07, 6.45) is 4.78. The first kappa shape index (κ1) is 16.9. The number of carbonyl (C=O) groups excluding carboxylic acids is 3. The molecule has 7 nitrogen and oxygen atoms in total. The molecule has 2 saturated heterocycles. The lowest BCUT2D eigenvalue weighted by atomic mass is 9.62. The van der Waals surface area contributed by atoms with Crippen LogP contribution in [0.2, 0.25) is 0 Å². The predicted octanol–water partition coefficient (Wildman–Crippen LogP) is 1.24. The van der Waals surface area contributed by atoms with Crippen LogP contribution in [0.5, 0.6) is 0 Å². The van der Waals surface area contributed by atoms with Crippen molar-refractivity contribution in [2.45, 2.75) is 49.5 Å². The highest BCUT2D eigenvalue weighted by Crippen LogP contribution is 2.47. The molecule has 26 heavy (non-hydrogen) atoms. The normalized spacial score (nSPS) is 26.5. The number of hydrogen-bond acceptors (Lipinski definition) is 3. The number of carbonyl (C=O) groups is 3. The van der Waals surface area contributed by atoms with Crippen molar-refractivity contribution in [3.8, 4) is 0 Å². The van der Waals surface area contributed by atoms with Crippen LogP contribution in [0.1, 0.15) is 44.1 Å². The van der Waals surface area contributed by atoms with Gasteiger partial charge in [-0.05, 0) is 43.4 Å². The number of hydrogen-bond donors (Lipinski definition) is 2. The highest BCUT2D eigenvalue weighted by molar-refractivity contribution is 6.03. The number of benzene rings is 1. The van der Waals surface area contributed by atoms with Gasteiger partial charge in [-0.3, -0.25) is 14.5 Å². The van der Waals surface area contributed by atoms with Crippen molar-refractivity contribution in [1.82, 2.24) is 4.90 Å². The van der Waals surface area contributed by atoms with Crippen LogP contribution in [-0.4, -0.2) is 41.4 Å². The minimum absolute atomic E-state index is 0.159. The van der Waals surface area contributed by atoms with Gasteiger partial charge >= 0.3 is 6.03 Å². The fourth-order valence-corrected chi connectivity index (χ4v) is 4.83. The monoisotopic (exact) mass is 356 g/mol. The third-order valence-corrected chi connectivity index (χ3v) is 6.44. The molecule has 0 radical (unpaired) electrons. The van der Waals surface area contributed by atoms with E-state index in [4.69, 9.17) is 11.5 Å². The summed E-state index contributed by atoms with van der Waals surface area (Å²) < 4.78 is 0. The first-order chi connectivity index (χ1) is 12.4. The van der Waals surface area contributed by atoms with E-state index >= 15 is 0 Å². The van der Waals surface area contributed by atoms with E-state index in [-0.39, 0.29) is 17.4 Å². The number of urea groups is 1. The number of amides is 4. The van der Waals surface area contributed by atoms with Crippen molar-refractivity contribution in [3.05, 3.63) is 29.8 Å². The average molecular weight is 356 g/mol. The highest BCUT2D eigenvalue weighted by Gasteiger charge is 2.56. The van der Waals surface area contributed by atoms with E-state index in [2.05, 4.69) is 0 Å². The number of anilines is 1. The van der Waals surface area contributed by atoms with Crippen LogP contribution in [-0.2, 0) is 15.0 Å². The van der Waals surface area contributed by atoms with E-state index in [9.17, 15) is 14.4 Å². The van der Waals surface area contributed by atoms with Crippen LogP contribution in [0, 0.1) is 0 Å². The van der Waals surface area contributed by atoms with Crippen LogP contribution in [0.25, 0.3) is 0 Å². The molecule has 4 N–H and O–H groups in total. The maximum absolute atomic E-state index is 12.8. The van der Waals surface area contributed by atoms with Gasteiger partial charge in [-0.2, -0.15) is 0 Å². The zero-order chi connectivity index (χ0) is 18.5. The van der Waals surface area contributed by atoms with Gasteiger partial charge in [0, 0.05) is 24.1 Å². The lowest BCUT2D eigenvalue weighted by Gasteiger charge is -2.42. The molecule has 1 aromatic carbocycles. The van der Waals surface area contributed by atoms with Gasteiger partial charge < -0.3 is 16.4 Å². The Morgan fingerprint density at radius 2 is 1.73 bits per heavy atom. The highest BCUT2D eigenvalue weighted by atomic mass is 16.2. The summed E-state index contributed by atoms with van der Waals surface area (Å²) in [5.74, 6) is -0.718. The predicted molar refractivity (Wildman–Crippen MR) is 96.4 cm³/mol.